The van der Waals surface area contributed by atoms with Gasteiger partial charge in [0.1, 0.15) is 0 Å². The van der Waals surface area contributed by atoms with Gasteiger partial charge in [-0.15, -0.1) is 0 Å². The molecule has 0 aromatic carbocycles. The second kappa shape index (κ2) is 7.32. The van der Waals surface area contributed by atoms with Crippen LogP contribution in [0.25, 0.3) is 0 Å². The van der Waals surface area contributed by atoms with Crippen LogP contribution in [0.5, 0.6) is 0 Å². The molecule has 0 fully saturated rings. The van der Waals surface area contributed by atoms with E-state index in [4.69, 9.17) is 4.42 Å². The van der Waals surface area contributed by atoms with Crippen molar-refractivity contribution in [1.29, 1.82) is 0 Å². The third kappa shape index (κ3) is 3.39. The minimum atomic E-state index is -5.27. The molecule has 0 saturated heterocycles. The Hall–Kier alpha value is -3.43. The summed E-state index contributed by atoms with van der Waals surface area (Å²) in [6, 6.07) is 5.72. The number of nitrogens with zero attached hydrogens (tertiary/aromatic N) is 2. The molecule has 7 nitrogen and oxygen atoms in total. The van der Waals surface area contributed by atoms with Gasteiger partial charge in [-0.3, -0.25) is 19.4 Å². The highest BCUT2D eigenvalue weighted by atomic mass is 19.4. The van der Waals surface area contributed by atoms with Crippen LogP contribution in [0.15, 0.2) is 58.6 Å². The average molecular weight is 447 g/mol. The predicted octanol–water partition coefficient (Wildman–Crippen LogP) is 3.39. The van der Waals surface area contributed by atoms with Crippen molar-refractivity contribution in [3.05, 3.63) is 65.5 Å². The van der Waals surface area contributed by atoms with Crippen LogP contribution in [0.2, 0.25) is 0 Å². The van der Waals surface area contributed by atoms with E-state index >= 15 is 0 Å². The lowest BCUT2D eigenvalue weighted by molar-refractivity contribution is -0.191. The maximum Gasteiger partial charge on any atom is 0.425 e. The van der Waals surface area contributed by atoms with Gasteiger partial charge in [0.25, 0.3) is 11.8 Å². The molecule has 1 aliphatic carbocycles. The Morgan fingerprint density at radius 3 is 2.56 bits per heavy atom. The number of allylic oxidation sites excluding steroid dienone is 1. The van der Waals surface area contributed by atoms with Crippen LogP contribution >= 0.6 is 0 Å². The van der Waals surface area contributed by atoms with Gasteiger partial charge in [0, 0.05) is 24.5 Å². The molecule has 0 bridgehead atoms. The van der Waals surface area contributed by atoms with Crippen LogP contribution in [0.1, 0.15) is 42.8 Å². The molecular formula is C22H20F3N3O4. The van der Waals surface area contributed by atoms with Gasteiger partial charge < -0.3 is 14.6 Å². The first-order chi connectivity index (χ1) is 15.0. The largest absolute Gasteiger partial charge is 0.459 e. The molecule has 1 atom stereocenters. The van der Waals surface area contributed by atoms with Crippen LogP contribution < -0.4 is 5.32 Å². The quantitative estimate of drug-likeness (QED) is 0.776. The fourth-order valence-electron chi connectivity index (χ4n) is 4.31. The average Bonchev–Trinajstić information content (AvgIpc) is 3.30. The maximum atomic E-state index is 14.6. The van der Waals surface area contributed by atoms with Gasteiger partial charge in [0.2, 0.25) is 5.54 Å². The van der Waals surface area contributed by atoms with E-state index in [1.807, 2.05) is 5.32 Å². The maximum absolute atomic E-state index is 14.6. The van der Waals surface area contributed by atoms with Crippen molar-refractivity contribution in [2.75, 3.05) is 0 Å². The van der Waals surface area contributed by atoms with Gasteiger partial charge in [0.15, 0.2) is 11.5 Å². The molecule has 0 spiro atoms. The number of amides is 2. The first-order valence-corrected chi connectivity index (χ1v) is 9.87. The van der Waals surface area contributed by atoms with Gasteiger partial charge in [-0.2, -0.15) is 13.2 Å². The molecule has 10 heteroatoms. The molecule has 32 heavy (non-hydrogen) atoms. The number of rotatable bonds is 4. The number of ketones is 1. The summed E-state index contributed by atoms with van der Waals surface area (Å²) in [5.41, 5.74) is -4.42. The Bertz CT molecular complexity index is 1110. The van der Waals surface area contributed by atoms with Crippen molar-refractivity contribution in [2.45, 2.75) is 44.9 Å². The molecule has 0 radical (unpaired) electrons. The molecule has 1 N–H and O–H groups in total. The zero-order valence-corrected chi connectivity index (χ0v) is 17.3. The Kier molecular flexibility index (Phi) is 4.98. The number of nitrogens with one attached hydrogen (secondary N) is 1. The third-order valence-electron chi connectivity index (χ3n) is 5.65. The Balaban J connectivity index is 1.88. The Morgan fingerprint density at radius 1 is 1.22 bits per heavy atom. The first kappa shape index (κ1) is 21.8. The van der Waals surface area contributed by atoms with Crippen molar-refractivity contribution in [3.8, 4) is 0 Å². The zero-order chi connectivity index (χ0) is 23.3. The smallest absolute Gasteiger partial charge is 0.425 e. The monoisotopic (exact) mass is 447 g/mol. The van der Waals surface area contributed by atoms with Crippen molar-refractivity contribution in [2.24, 2.45) is 5.41 Å². The second-order valence-electron chi connectivity index (χ2n) is 8.69. The lowest BCUT2D eigenvalue weighted by Crippen LogP contribution is -2.66. The first-order valence-electron chi connectivity index (χ1n) is 9.87. The highest BCUT2D eigenvalue weighted by Crippen LogP contribution is 2.52. The number of Topliss-reactive ketones (excluding diaryl/α,β-unsaturated/α-hetero) is 1. The zero-order valence-electron chi connectivity index (χ0n) is 17.3. The van der Waals surface area contributed by atoms with E-state index in [-0.39, 0.29) is 25.1 Å². The van der Waals surface area contributed by atoms with E-state index in [9.17, 15) is 27.6 Å². The molecule has 0 saturated carbocycles. The number of hydrogen-bond donors (Lipinski definition) is 1. The molecule has 168 valence electrons. The van der Waals surface area contributed by atoms with Gasteiger partial charge >= 0.3 is 6.18 Å². The fraction of sp³-hybridized carbons (Fsp3) is 0.364. The van der Waals surface area contributed by atoms with Gasteiger partial charge in [-0.1, -0.05) is 19.9 Å². The van der Waals surface area contributed by atoms with Crippen molar-refractivity contribution >= 4 is 17.6 Å². The third-order valence-corrected chi connectivity index (χ3v) is 5.65. The molecule has 2 amide bonds. The minimum Gasteiger partial charge on any atom is -0.459 e. The summed E-state index contributed by atoms with van der Waals surface area (Å²) in [6.45, 7) is 3.27. The number of pyridine rings is 1. The standard InChI is InChI=1S/C22H20F3N3O4/c1-20(2)9-14-17(15(29)10-20)21(22(23,24)25,27-18(30)16-6-4-8-32-16)19(31)28(14)12-13-5-3-7-26-11-13/h3-8,11H,9-10,12H2,1-2H3,(H,27,30)/t21-/m0/s1. The van der Waals surface area contributed by atoms with E-state index in [0.29, 0.717) is 5.56 Å². The number of alkyl halides is 3. The predicted molar refractivity (Wildman–Crippen MR) is 105 cm³/mol. The number of carbonyl (C=O) groups excluding carboxylic acids is 3. The summed E-state index contributed by atoms with van der Waals surface area (Å²) in [7, 11) is 0. The van der Waals surface area contributed by atoms with E-state index in [0.717, 1.165) is 11.2 Å². The lowest BCUT2D eigenvalue weighted by Gasteiger charge is -2.35. The molecule has 4 rings (SSSR count). The number of aromatic nitrogens is 1. The van der Waals surface area contributed by atoms with E-state index in [2.05, 4.69) is 4.98 Å². The van der Waals surface area contributed by atoms with E-state index in [1.165, 1.54) is 24.5 Å². The van der Waals surface area contributed by atoms with E-state index < -0.39 is 46.1 Å². The van der Waals surface area contributed by atoms with Gasteiger partial charge in [-0.25, -0.2) is 0 Å². The fourth-order valence-corrected chi connectivity index (χ4v) is 4.31. The van der Waals surface area contributed by atoms with Crippen LogP contribution in [-0.4, -0.2) is 39.2 Å². The van der Waals surface area contributed by atoms with E-state index in [1.54, 1.807) is 26.0 Å². The molecule has 2 aromatic rings. The van der Waals surface area contributed by atoms with Gasteiger partial charge in [0.05, 0.1) is 18.4 Å². The minimum absolute atomic E-state index is 0.0304. The molecule has 2 aliphatic rings. The normalized spacial score (nSPS) is 22.8. The summed E-state index contributed by atoms with van der Waals surface area (Å²) in [5.74, 6) is -3.90. The van der Waals surface area contributed by atoms with Crippen LogP contribution in [-0.2, 0) is 16.1 Å². The molecule has 2 aromatic heterocycles. The molecular weight excluding hydrogens is 427 g/mol. The number of furan rings is 1. The Labute approximate surface area is 181 Å². The number of carbonyl (C=O) groups is 3. The lowest BCUT2D eigenvalue weighted by atomic mass is 9.72. The van der Waals surface area contributed by atoms with Crippen molar-refractivity contribution in [3.63, 3.8) is 0 Å². The second-order valence-corrected chi connectivity index (χ2v) is 8.69. The summed E-state index contributed by atoms with van der Waals surface area (Å²) < 4.78 is 48.8. The van der Waals surface area contributed by atoms with Crippen molar-refractivity contribution < 1.29 is 32.0 Å². The number of hydrogen-bond acceptors (Lipinski definition) is 5. The highest BCUT2D eigenvalue weighted by Gasteiger charge is 2.71. The SMILES string of the molecule is CC1(C)CC(=O)C2=C(C1)N(Cc1cccnc1)C(=O)[C@]2(NC(=O)c1ccco1)C(F)(F)F. The number of halogens is 3. The highest BCUT2D eigenvalue weighted by molar-refractivity contribution is 6.14. The topological polar surface area (TPSA) is 92.5 Å². The Morgan fingerprint density at radius 2 is 1.97 bits per heavy atom. The van der Waals surface area contributed by atoms with Crippen LogP contribution in [0, 0.1) is 5.41 Å². The summed E-state index contributed by atoms with van der Waals surface area (Å²) in [4.78, 5) is 44.0. The molecule has 1 aliphatic heterocycles. The van der Waals surface area contributed by atoms with Gasteiger partial charge in [-0.05, 0) is 35.6 Å². The summed E-state index contributed by atoms with van der Waals surface area (Å²) in [5, 5.41) is 1.81. The van der Waals surface area contributed by atoms with Crippen LogP contribution in [0.4, 0.5) is 13.2 Å². The summed E-state index contributed by atoms with van der Waals surface area (Å²) in [6.07, 6.45) is -1.34. The summed E-state index contributed by atoms with van der Waals surface area (Å²) >= 11 is 0. The van der Waals surface area contributed by atoms with Crippen molar-refractivity contribution in [1.82, 2.24) is 15.2 Å². The molecule has 3 heterocycles. The van der Waals surface area contributed by atoms with Crippen LogP contribution in [0.3, 0.4) is 0 Å². The molecule has 0 unspecified atom stereocenters.